The molecule has 5 atom stereocenters. The van der Waals surface area contributed by atoms with Gasteiger partial charge < -0.3 is 24.1 Å². The molecule has 1 aromatic rings. The highest BCUT2D eigenvalue weighted by atomic mass is 16.8. The third kappa shape index (κ3) is 2.18. The van der Waals surface area contributed by atoms with Crippen molar-refractivity contribution in [2.24, 2.45) is 0 Å². The first-order valence-electron chi connectivity index (χ1n) is 7.71. The molecule has 1 N–H and O–H groups in total. The van der Waals surface area contributed by atoms with E-state index in [1.54, 1.807) is 25.5 Å². The normalized spacial score (nSPS) is 37.1. The number of aromatic nitrogens is 3. The van der Waals surface area contributed by atoms with Crippen molar-refractivity contribution in [2.45, 2.75) is 63.6 Å². The van der Waals surface area contributed by atoms with Gasteiger partial charge in [0.2, 0.25) is 0 Å². The summed E-state index contributed by atoms with van der Waals surface area (Å²) in [6.45, 7) is 5.57. The van der Waals surface area contributed by atoms with Crippen molar-refractivity contribution in [1.82, 2.24) is 15.0 Å². The molecule has 126 valence electrons. The van der Waals surface area contributed by atoms with Crippen LogP contribution >= 0.6 is 0 Å². The molecule has 0 aromatic carbocycles. The maximum Gasteiger partial charge on any atom is 0.360 e. The van der Waals surface area contributed by atoms with Gasteiger partial charge in [0, 0.05) is 6.42 Å². The minimum Gasteiger partial charge on any atom is -0.461 e. The van der Waals surface area contributed by atoms with Crippen molar-refractivity contribution in [2.75, 3.05) is 6.61 Å². The van der Waals surface area contributed by atoms with Gasteiger partial charge in [-0.2, -0.15) is 0 Å². The fourth-order valence-corrected chi connectivity index (χ4v) is 3.53. The predicted octanol–water partition coefficient (Wildman–Crippen LogP) is -0.211. The van der Waals surface area contributed by atoms with E-state index < -0.39 is 42.4 Å². The third-order valence-electron chi connectivity index (χ3n) is 4.38. The maximum atomic E-state index is 12.0. The molecule has 9 heteroatoms. The van der Waals surface area contributed by atoms with Gasteiger partial charge in [0.05, 0.1) is 18.4 Å². The summed E-state index contributed by atoms with van der Waals surface area (Å²) in [7, 11) is 0. The number of aliphatic hydroxyl groups excluding tert-OH is 1. The lowest BCUT2D eigenvalue weighted by Gasteiger charge is -2.33. The zero-order valence-electron chi connectivity index (χ0n) is 13.1. The van der Waals surface area contributed by atoms with Crippen LogP contribution < -0.4 is 0 Å². The van der Waals surface area contributed by atoms with Gasteiger partial charge in [-0.3, -0.25) is 0 Å². The SMILES string of the molecule is CCOC(=O)c1nnn2c1CC(O)C1O[C@@H]3OC(C)(C)OC3C12. The highest BCUT2D eigenvalue weighted by Gasteiger charge is 2.59. The average molecular weight is 325 g/mol. The van der Waals surface area contributed by atoms with Gasteiger partial charge in [-0.05, 0) is 20.8 Å². The molecule has 9 nitrogen and oxygen atoms in total. The van der Waals surface area contributed by atoms with Gasteiger partial charge in [-0.25, -0.2) is 9.48 Å². The third-order valence-corrected chi connectivity index (χ3v) is 4.38. The van der Waals surface area contributed by atoms with Gasteiger partial charge in [0.25, 0.3) is 0 Å². The van der Waals surface area contributed by atoms with Crippen LogP contribution in [0.3, 0.4) is 0 Å². The minimum absolute atomic E-state index is 0.131. The van der Waals surface area contributed by atoms with E-state index in [9.17, 15) is 9.90 Å². The largest absolute Gasteiger partial charge is 0.461 e. The number of ether oxygens (including phenoxy) is 4. The molecule has 0 bridgehead atoms. The highest BCUT2D eigenvalue weighted by Crippen LogP contribution is 2.46. The van der Waals surface area contributed by atoms with Crippen LogP contribution in [-0.4, -0.2) is 63.1 Å². The van der Waals surface area contributed by atoms with Crippen LogP contribution in [0.25, 0.3) is 0 Å². The first-order chi connectivity index (χ1) is 10.9. The van der Waals surface area contributed by atoms with E-state index in [4.69, 9.17) is 18.9 Å². The minimum atomic E-state index is -0.792. The first-order valence-corrected chi connectivity index (χ1v) is 7.71. The summed E-state index contributed by atoms with van der Waals surface area (Å²) in [5.74, 6) is -1.31. The van der Waals surface area contributed by atoms with Crippen molar-refractivity contribution in [1.29, 1.82) is 0 Å². The maximum absolute atomic E-state index is 12.0. The summed E-state index contributed by atoms with van der Waals surface area (Å²) >= 11 is 0. The number of fused-ring (bicyclic) bond motifs is 5. The first kappa shape index (κ1) is 15.0. The zero-order chi connectivity index (χ0) is 16.4. The molecule has 23 heavy (non-hydrogen) atoms. The van der Waals surface area contributed by atoms with E-state index in [0.29, 0.717) is 5.69 Å². The smallest absolute Gasteiger partial charge is 0.360 e. The zero-order valence-corrected chi connectivity index (χ0v) is 13.1. The monoisotopic (exact) mass is 325 g/mol. The van der Waals surface area contributed by atoms with Gasteiger partial charge in [-0.15, -0.1) is 5.10 Å². The number of hydrogen-bond acceptors (Lipinski definition) is 8. The number of rotatable bonds is 2. The Morgan fingerprint density at radius 3 is 2.96 bits per heavy atom. The molecule has 2 saturated heterocycles. The summed E-state index contributed by atoms with van der Waals surface area (Å²) < 4.78 is 24.0. The van der Waals surface area contributed by atoms with Gasteiger partial charge in [-0.1, -0.05) is 5.21 Å². The van der Waals surface area contributed by atoms with E-state index in [1.165, 1.54) is 0 Å². The standard InChI is InChI=1S/C14H19N3O6/c1-4-20-12(19)8-6-5-7(18)10-9(17(6)16-15-8)11-13(21-10)23-14(2,3)22-11/h7,9-11,13,18H,4-5H2,1-3H3/t7?,9?,10?,11?,13-/m1/s1. The predicted molar refractivity (Wildman–Crippen MR) is 73.4 cm³/mol. The average Bonchev–Trinajstić information content (AvgIpc) is 3.09. The number of hydrogen-bond donors (Lipinski definition) is 1. The summed E-state index contributed by atoms with van der Waals surface area (Å²) in [6.07, 6.45) is -2.08. The van der Waals surface area contributed by atoms with Crippen molar-refractivity contribution in [3.8, 4) is 0 Å². The van der Waals surface area contributed by atoms with Crippen molar-refractivity contribution in [3.63, 3.8) is 0 Å². The molecule has 0 amide bonds. The molecule has 1 aromatic heterocycles. The quantitative estimate of drug-likeness (QED) is 0.745. The fourth-order valence-electron chi connectivity index (χ4n) is 3.53. The van der Waals surface area contributed by atoms with E-state index in [0.717, 1.165) is 0 Å². The van der Waals surface area contributed by atoms with Gasteiger partial charge in [0.15, 0.2) is 17.8 Å². The molecule has 0 saturated carbocycles. The van der Waals surface area contributed by atoms with Crippen LogP contribution in [0.2, 0.25) is 0 Å². The van der Waals surface area contributed by atoms with E-state index in [1.807, 2.05) is 0 Å². The Balaban J connectivity index is 1.71. The lowest BCUT2D eigenvalue weighted by molar-refractivity contribution is -0.221. The van der Waals surface area contributed by atoms with Crippen molar-refractivity contribution in [3.05, 3.63) is 11.4 Å². The molecule has 0 aliphatic carbocycles. The summed E-state index contributed by atoms with van der Waals surface area (Å²) in [4.78, 5) is 12.0. The topological polar surface area (TPSA) is 105 Å². The van der Waals surface area contributed by atoms with E-state index >= 15 is 0 Å². The Kier molecular flexibility index (Phi) is 3.24. The summed E-state index contributed by atoms with van der Waals surface area (Å²) in [5, 5.41) is 18.4. The van der Waals surface area contributed by atoms with E-state index in [-0.39, 0.29) is 18.7 Å². The van der Waals surface area contributed by atoms with Crippen LogP contribution in [0, 0.1) is 0 Å². The van der Waals surface area contributed by atoms with Crippen LogP contribution in [0.15, 0.2) is 0 Å². The lowest BCUT2D eigenvalue weighted by atomic mass is 9.94. The molecule has 0 radical (unpaired) electrons. The van der Waals surface area contributed by atoms with Crippen molar-refractivity contribution < 1.29 is 28.8 Å². The van der Waals surface area contributed by atoms with Gasteiger partial charge >= 0.3 is 5.97 Å². The second-order valence-electron chi connectivity index (χ2n) is 6.38. The Bertz CT molecular complexity index is 644. The summed E-state index contributed by atoms with van der Waals surface area (Å²) in [5.41, 5.74) is 0.667. The number of aliphatic hydroxyl groups is 1. The molecule has 4 heterocycles. The van der Waals surface area contributed by atoms with Crippen LogP contribution in [0.5, 0.6) is 0 Å². The Morgan fingerprint density at radius 2 is 2.22 bits per heavy atom. The molecular weight excluding hydrogens is 306 g/mol. The van der Waals surface area contributed by atoms with Crippen LogP contribution in [0.4, 0.5) is 0 Å². The summed E-state index contributed by atoms with van der Waals surface area (Å²) in [6, 6.07) is -0.392. The lowest BCUT2D eigenvalue weighted by Crippen LogP contribution is -2.44. The van der Waals surface area contributed by atoms with Gasteiger partial charge in [0.1, 0.15) is 18.2 Å². The molecule has 3 aliphatic heterocycles. The molecule has 4 unspecified atom stereocenters. The Morgan fingerprint density at radius 1 is 1.43 bits per heavy atom. The number of carbonyl (C=O) groups is 1. The van der Waals surface area contributed by atoms with Crippen LogP contribution in [-0.2, 0) is 25.4 Å². The Hall–Kier alpha value is -1.55. The molecule has 2 fully saturated rings. The second kappa shape index (κ2) is 4.97. The molecule has 3 aliphatic rings. The van der Waals surface area contributed by atoms with E-state index in [2.05, 4.69) is 10.3 Å². The fraction of sp³-hybridized carbons (Fsp3) is 0.786. The molecule has 4 rings (SSSR count). The number of nitrogens with zero attached hydrogens (tertiary/aromatic N) is 3. The second-order valence-corrected chi connectivity index (χ2v) is 6.38. The number of carbonyl (C=O) groups excluding carboxylic acids is 1. The number of esters is 1. The van der Waals surface area contributed by atoms with Crippen LogP contribution in [0.1, 0.15) is 43.0 Å². The van der Waals surface area contributed by atoms with Crippen molar-refractivity contribution >= 4 is 5.97 Å². The molecular formula is C14H19N3O6. The Labute approximate surface area is 132 Å². The highest BCUT2D eigenvalue weighted by molar-refractivity contribution is 5.88. The molecule has 0 spiro atoms.